The minimum Gasteiger partial charge on any atom is -0.338 e. The van der Waals surface area contributed by atoms with Gasteiger partial charge in [-0.2, -0.15) is 0 Å². The minimum atomic E-state index is -0.435. The Morgan fingerprint density at radius 2 is 2.11 bits per heavy atom. The van der Waals surface area contributed by atoms with E-state index in [1.165, 1.54) is 0 Å². The Morgan fingerprint density at radius 3 is 2.58 bits per heavy atom. The molecule has 0 aromatic rings. The highest BCUT2D eigenvalue weighted by atomic mass is 35.5. The molecule has 19 heavy (non-hydrogen) atoms. The molecule has 2 unspecified atom stereocenters. The molecule has 112 valence electrons. The van der Waals surface area contributed by atoms with Crippen molar-refractivity contribution >= 4 is 24.3 Å². The smallest absolute Gasteiger partial charge is 0.321 e. The molecule has 4 N–H and O–H groups in total. The summed E-state index contributed by atoms with van der Waals surface area (Å²) in [5.41, 5.74) is 5.82. The molecule has 1 heterocycles. The van der Waals surface area contributed by atoms with Gasteiger partial charge in [-0.1, -0.05) is 6.92 Å². The van der Waals surface area contributed by atoms with Crippen molar-refractivity contribution in [2.24, 2.45) is 11.1 Å². The second-order valence-corrected chi connectivity index (χ2v) is 5.26. The number of halogens is 1. The van der Waals surface area contributed by atoms with Gasteiger partial charge in [0.05, 0.1) is 6.04 Å². The number of hydrogen-bond donors (Lipinski definition) is 3. The first-order chi connectivity index (χ1) is 8.41. The van der Waals surface area contributed by atoms with Gasteiger partial charge in [0.1, 0.15) is 0 Å². The first kappa shape index (κ1) is 18.1. The first-order valence-electron chi connectivity index (χ1n) is 6.44. The number of carbonyl (C=O) groups is 2. The molecule has 1 fully saturated rings. The SMILES string of the molecule is CCNC(=O)NC(=O)C(C)N1CCC(C)(CN)C1.Cl. The third-order valence-electron chi connectivity index (χ3n) is 3.58. The molecule has 1 rings (SSSR count). The molecule has 1 aliphatic heterocycles. The van der Waals surface area contributed by atoms with E-state index in [2.05, 4.69) is 22.5 Å². The Hall–Kier alpha value is -0.850. The van der Waals surface area contributed by atoms with Gasteiger partial charge in [0.25, 0.3) is 0 Å². The van der Waals surface area contributed by atoms with Crippen molar-refractivity contribution in [1.82, 2.24) is 15.5 Å². The van der Waals surface area contributed by atoms with Crippen LogP contribution in [0.5, 0.6) is 0 Å². The maximum atomic E-state index is 11.9. The summed E-state index contributed by atoms with van der Waals surface area (Å²) in [6.07, 6.45) is 0.988. The van der Waals surface area contributed by atoms with Crippen LogP contribution in [0, 0.1) is 5.41 Å². The lowest BCUT2D eigenvalue weighted by molar-refractivity contribution is -0.124. The van der Waals surface area contributed by atoms with Crippen molar-refractivity contribution in [3.05, 3.63) is 0 Å². The molecule has 0 aromatic heterocycles. The van der Waals surface area contributed by atoms with E-state index in [0.29, 0.717) is 13.1 Å². The average molecular weight is 293 g/mol. The molecule has 1 saturated heterocycles. The molecule has 0 radical (unpaired) electrons. The number of urea groups is 1. The number of carbonyl (C=O) groups excluding carboxylic acids is 2. The van der Waals surface area contributed by atoms with Gasteiger partial charge < -0.3 is 11.1 Å². The number of rotatable bonds is 4. The molecule has 0 aliphatic carbocycles. The summed E-state index contributed by atoms with van der Waals surface area (Å²) in [7, 11) is 0. The molecular formula is C12H25ClN4O2. The molecule has 3 amide bonds. The fourth-order valence-corrected chi connectivity index (χ4v) is 2.15. The largest absolute Gasteiger partial charge is 0.338 e. The maximum Gasteiger partial charge on any atom is 0.321 e. The zero-order valence-corrected chi connectivity index (χ0v) is 12.7. The molecule has 1 aliphatic rings. The Bertz CT molecular complexity index is 327. The number of imide groups is 1. The number of nitrogens with zero attached hydrogens (tertiary/aromatic N) is 1. The van der Waals surface area contributed by atoms with Crippen molar-refractivity contribution in [2.75, 3.05) is 26.2 Å². The van der Waals surface area contributed by atoms with Crippen LogP contribution in [-0.2, 0) is 4.79 Å². The lowest BCUT2D eigenvalue weighted by Gasteiger charge is -2.26. The van der Waals surface area contributed by atoms with Gasteiger partial charge in [0.15, 0.2) is 0 Å². The molecule has 7 heteroatoms. The zero-order valence-electron chi connectivity index (χ0n) is 11.9. The number of hydrogen-bond acceptors (Lipinski definition) is 4. The number of amides is 3. The summed E-state index contributed by atoms with van der Waals surface area (Å²) in [4.78, 5) is 25.2. The highest BCUT2D eigenvalue weighted by Gasteiger charge is 2.36. The third kappa shape index (κ3) is 4.97. The number of likely N-dealkylation sites (tertiary alicyclic amines) is 1. The predicted molar refractivity (Wildman–Crippen MR) is 77.3 cm³/mol. The predicted octanol–water partition coefficient (Wildman–Crippen LogP) is 0.313. The number of nitrogens with one attached hydrogen (secondary N) is 2. The van der Waals surface area contributed by atoms with E-state index in [1.54, 1.807) is 6.92 Å². The van der Waals surface area contributed by atoms with Gasteiger partial charge >= 0.3 is 6.03 Å². The lowest BCUT2D eigenvalue weighted by Crippen LogP contribution is -2.49. The van der Waals surface area contributed by atoms with Crippen LogP contribution in [0.1, 0.15) is 27.2 Å². The van der Waals surface area contributed by atoms with Crippen LogP contribution in [-0.4, -0.2) is 49.1 Å². The molecule has 0 saturated carbocycles. The van der Waals surface area contributed by atoms with Crippen LogP contribution >= 0.6 is 12.4 Å². The minimum absolute atomic E-state index is 0. The standard InChI is InChI=1S/C12H24N4O2.ClH/c1-4-14-11(18)15-10(17)9(2)16-6-5-12(3,7-13)8-16;/h9H,4-8,13H2,1-3H3,(H2,14,15,17,18);1H. The fourth-order valence-electron chi connectivity index (χ4n) is 2.15. The zero-order chi connectivity index (χ0) is 13.8. The normalized spacial score (nSPS) is 24.4. The summed E-state index contributed by atoms with van der Waals surface area (Å²) >= 11 is 0. The quantitative estimate of drug-likeness (QED) is 0.696. The van der Waals surface area contributed by atoms with Gasteiger partial charge in [0.2, 0.25) is 5.91 Å². The van der Waals surface area contributed by atoms with E-state index in [4.69, 9.17) is 5.73 Å². The Balaban J connectivity index is 0.00000324. The van der Waals surface area contributed by atoms with Gasteiger partial charge in [-0.15, -0.1) is 12.4 Å². The van der Waals surface area contributed by atoms with Crippen LogP contribution in [0.3, 0.4) is 0 Å². The Morgan fingerprint density at radius 1 is 1.47 bits per heavy atom. The van der Waals surface area contributed by atoms with E-state index in [1.807, 2.05) is 6.92 Å². The van der Waals surface area contributed by atoms with Gasteiger partial charge in [-0.05, 0) is 38.8 Å². The van der Waals surface area contributed by atoms with E-state index in [-0.39, 0.29) is 29.8 Å². The highest BCUT2D eigenvalue weighted by Crippen LogP contribution is 2.29. The first-order valence-corrected chi connectivity index (χ1v) is 6.44. The van der Waals surface area contributed by atoms with Crippen molar-refractivity contribution in [3.63, 3.8) is 0 Å². The van der Waals surface area contributed by atoms with E-state index in [9.17, 15) is 9.59 Å². The van der Waals surface area contributed by atoms with Gasteiger partial charge in [-0.25, -0.2) is 4.79 Å². The van der Waals surface area contributed by atoms with Crippen molar-refractivity contribution < 1.29 is 9.59 Å². The van der Waals surface area contributed by atoms with E-state index in [0.717, 1.165) is 19.5 Å². The molecule has 0 bridgehead atoms. The van der Waals surface area contributed by atoms with Crippen molar-refractivity contribution in [2.45, 2.75) is 33.2 Å². The van der Waals surface area contributed by atoms with Crippen molar-refractivity contribution in [1.29, 1.82) is 0 Å². The average Bonchev–Trinajstić information content (AvgIpc) is 2.72. The summed E-state index contributed by atoms with van der Waals surface area (Å²) in [6.45, 7) is 8.51. The molecular weight excluding hydrogens is 268 g/mol. The summed E-state index contributed by atoms with van der Waals surface area (Å²) in [6, 6.07) is -0.740. The molecule has 2 atom stereocenters. The third-order valence-corrected chi connectivity index (χ3v) is 3.58. The van der Waals surface area contributed by atoms with Crippen LogP contribution < -0.4 is 16.4 Å². The molecule has 0 spiro atoms. The monoisotopic (exact) mass is 292 g/mol. The molecule has 0 aromatic carbocycles. The Labute approximate surface area is 120 Å². The van der Waals surface area contributed by atoms with Gasteiger partial charge in [0, 0.05) is 13.1 Å². The second kappa shape index (κ2) is 7.67. The molecule has 6 nitrogen and oxygen atoms in total. The fraction of sp³-hybridized carbons (Fsp3) is 0.833. The van der Waals surface area contributed by atoms with Crippen LogP contribution in [0.4, 0.5) is 4.79 Å². The number of nitrogens with two attached hydrogens (primary N) is 1. The van der Waals surface area contributed by atoms with Crippen LogP contribution in [0.2, 0.25) is 0 Å². The Kier molecular flexibility index (Phi) is 7.33. The maximum absolute atomic E-state index is 11.9. The van der Waals surface area contributed by atoms with Crippen LogP contribution in [0.15, 0.2) is 0 Å². The van der Waals surface area contributed by atoms with E-state index >= 15 is 0 Å². The topological polar surface area (TPSA) is 87.5 Å². The summed E-state index contributed by atoms with van der Waals surface area (Å²) in [5.74, 6) is -0.262. The summed E-state index contributed by atoms with van der Waals surface area (Å²) < 4.78 is 0. The highest BCUT2D eigenvalue weighted by molar-refractivity contribution is 5.96. The lowest BCUT2D eigenvalue weighted by atomic mass is 9.90. The van der Waals surface area contributed by atoms with E-state index < -0.39 is 6.03 Å². The van der Waals surface area contributed by atoms with Crippen LogP contribution in [0.25, 0.3) is 0 Å². The van der Waals surface area contributed by atoms with Gasteiger partial charge in [-0.3, -0.25) is 15.0 Å². The van der Waals surface area contributed by atoms with Crippen molar-refractivity contribution in [3.8, 4) is 0 Å². The summed E-state index contributed by atoms with van der Waals surface area (Å²) in [5, 5.41) is 4.88. The second-order valence-electron chi connectivity index (χ2n) is 5.26.